The van der Waals surface area contributed by atoms with Gasteiger partial charge < -0.3 is 39.9 Å². The maximum Gasteiger partial charge on any atom is 0.348 e. The van der Waals surface area contributed by atoms with Gasteiger partial charge in [-0.25, -0.2) is 14.4 Å². The Balaban J connectivity index is 0.000000694. The Hall–Kier alpha value is -3.54. The number of hydrogen-bond donors (Lipinski definition) is 5. The number of carbonyl (C=O) groups excluding carboxylic acids is 1. The van der Waals surface area contributed by atoms with Gasteiger partial charge in [0, 0.05) is 36.6 Å². The Labute approximate surface area is 285 Å². The van der Waals surface area contributed by atoms with Gasteiger partial charge in [0.2, 0.25) is 5.91 Å². The fourth-order valence-electron chi connectivity index (χ4n) is 5.73. The van der Waals surface area contributed by atoms with Crippen LogP contribution in [0.3, 0.4) is 0 Å². The molecular weight excluding hydrogens is 642 g/mol. The standard InChI is InChI=1S/C31H43NO7S.C4H4O4/c1-21-4-6-22(7-5-21)16-27(34)32(23-8-13-31(37,14-9-23)20-39-24-11-15-38-18-24)26-17-25(40-28(26)29(35)36)10-12-30(2,3)19-33;5-3(6)1-2-4(7)8/h4,17,22-24,33,37H,5-9,11,13-16,18-20H2,1-3H3,(H,35,36);1-2H,(H,5,6)(H,7,8)/b;2-1+/t22-,23?,24-,31?;/m0./s1. The summed E-state index contributed by atoms with van der Waals surface area (Å²) in [5, 5.41) is 46.5. The lowest BCUT2D eigenvalue weighted by atomic mass is 9.81. The van der Waals surface area contributed by atoms with Gasteiger partial charge >= 0.3 is 17.9 Å². The van der Waals surface area contributed by atoms with Crippen molar-refractivity contribution in [3.63, 3.8) is 0 Å². The zero-order valence-corrected chi connectivity index (χ0v) is 28.6. The average Bonchev–Trinajstić information content (AvgIpc) is 3.72. The van der Waals surface area contributed by atoms with Crippen molar-refractivity contribution < 1.29 is 54.2 Å². The van der Waals surface area contributed by atoms with Crippen molar-refractivity contribution >= 4 is 40.8 Å². The largest absolute Gasteiger partial charge is 0.478 e. The number of ether oxygens (including phenoxy) is 2. The van der Waals surface area contributed by atoms with E-state index in [1.807, 2.05) is 13.8 Å². The summed E-state index contributed by atoms with van der Waals surface area (Å²) in [6.07, 6.45) is 9.28. The van der Waals surface area contributed by atoms with E-state index in [9.17, 15) is 34.5 Å². The van der Waals surface area contributed by atoms with E-state index in [1.54, 1.807) is 11.0 Å². The first-order valence-corrected chi connectivity index (χ1v) is 17.0. The predicted octanol–water partition coefficient (Wildman–Crippen LogP) is 4.48. The van der Waals surface area contributed by atoms with Gasteiger partial charge in [-0.15, -0.1) is 11.3 Å². The van der Waals surface area contributed by atoms with Gasteiger partial charge in [-0.2, -0.15) is 0 Å². The zero-order chi connectivity index (χ0) is 35.5. The second kappa shape index (κ2) is 17.7. The van der Waals surface area contributed by atoms with E-state index in [4.69, 9.17) is 19.7 Å². The minimum Gasteiger partial charge on any atom is -0.478 e. The molecule has 1 saturated carbocycles. The smallest absolute Gasteiger partial charge is 0.348 e. The highest BCUT2D eigenvalue weighted by Gasteiger charge is 2.40. The number of carbonyl (C=O) groups is 4. The zero-order valence-electron chi connectivity index (χ0n) is 27.8. The Morgan fingerprint density at radius 3 is 2.29 bits per heavy atom. The minimum absolute atomic E-state index is 0.00674. The van der Waals surface area contributed by atoms with Crippen LogP contribution < -0.4 is 4.90 Å². The molecule has 0 unspecified atom stereocenters. The molecule has 2 atom stereocenters. The number of allylic oxidation sites excluding steroid dienone is 2. The number of carboxylic acid groups (broad SMARTS) is 3. The third-order valence-electron chi connectivity index (χ3n) is 8.66. The van der Waals surface area contributed by atoms with Crippen LogP contribution in [0.25, 0.3) is 0 Å². The number of aliphatic hydroxyl groups excluding tert-OH is 1. The summed E-state index contributed by atoms with van der Waals surface area (Å²) in [6, 6.07) is 1.48. The average molecular weight is 690 g/mol. The molecular formula is C35H47NO11S. The second-order valence-electron chi connectivity index (χ2n) is 13.3. The van der Waals surface area contributed by atoms with Crippen LogP contribution in [0.5, 0.6) is 0 Å². The maximum atomic E-state index is 13.9. The van der Waals surface area contributed by atoms with Crippen LogP contribution >= 0.6 is 11.3 Å². The quantitative estimate of drug-likeness (QED) is 0.125. The van der Waals surface area contributed by atoms with Crippen molar-refractivity contribution in [3.8, 4) is 11.8 Å². The number of nitrogens with zero attached hydrogens (tertiary/aromatic N) is 1. The van der Waals surface area contributed by atoms with Gasteiger partial charge in [0.15, 0.2) is 0 Å². The van der Waals surface area contributed by atoms with Crippen LogP contribution in [0.4, 0.5) is 5.69 Å². The van der Waals surface area contributed by atoms with Crippen molar-refractivity contribution in [1.82, 2.24) is 0 Å². The van der Waals surface area contributed by atoms with Crippen LogP contribution in [-0.4, -0.2) is 93.5 Å². The topological polar surface area (TPSA) is 191 Å². The summed E-state index contributed by atoms with van der Waals surface area (Å²) in [5.74, 6) is 2.58. The fourth-order valence-corrected chi connectivity index (χ4v) is 6.57. The first-order chi connectivity index (χ1) is 22.6. The van der Waals surface area contributed by atoms with E-state index in [1.165, 1.54) is 5.57 Å². The molecule has 0 bridgehead atoms. The molecule has 1 aromatic heterocycles. The maximum absolute atomic E-state index is 13.9. The van der Waals surface area contributed by atoms with E-state index in [0.717, 1.165) is 37.0 Å². The molecule has 2 aliphatic carbocycles. The molecule has 2 heterocycles. The number of aliphatic hydroxyl groups is 2. The van der Waals surface area contributed by atoms with Crippen molar-refractivity contribution in [2.75, 3.05) is 31.3 Å². The summed E-state index contributed by atoms with van der Waals surface area (Å²) >= 11 is 1.06. The molecule has 2 fully saturated rings. The number of rotatable bonds is 11. The Morgan fingerprint density at radius 2 is 1.77 bits per heavy atom. The molecule has 4 rings (SSSR count). The SMILES string of the molecule is CC1=CC[C@H](CC(=O)N(c2cc(C#CC(C)(C)CO)sc2C(=O)O)C2CCC(O)(CO[C@H]3CCOC3)CC2)CC1.O=C(O)/C=C/C(=O)O. The Kier molecular flexibility index (Phi) is 14.4. The number of anilines is 1. The lowest BCUT2D eigenvalue weighted by Gasteiger charge is -2.41. The van der Waals surface area contributed by atoms with Gasteiger partial charge in [-0.3, -0.25) is 4.79 Å². The molecule has 13 heteroatoms. The molecule has 264 valence electrons. The third-order valence-corrected chi connectivity index (χ3v) is 9.69. The summed E-state index contributed by atoms with van der Waals surface area (Å²) in [7, 11) is 0. The highest BCUT2D eigenvalue weighted by Crippen LogP contribution is 2.39. The summed E-state index contributed by atoms with van der Waals surface area (Å²) in [4.78, 5) is 47.7. The van der Waals surface area contributed by atoms with Crippen molar-refractivity contribution in [2.45, 2.75) is 96.3 Å². The first kappa shape index (κ1) is 38.9. The van der Waals surface area contributed by atoms with Crippen LogP contribution in [-0.2, 0) is 23.9 Å². The Morgan fingerprint density at radius 1 is 1.10 bits per heavy atom. The van der Waals surface area contributed by atoms with Gasteiger partial charge in [-0.05, 0) is 84.1 Å². The predicted molar refractivity (Wildman–Crippen MR) is 179 cm³/mol. The van der Waals surface area contributed by atoms with Crippen molar-refractivity contribution in [2.24, 2.45) is 11.3 Å². The number of hydrogen-bond acceptors (Lipinski definition) is 9. The van der Waals surface area contributed by atoms with E-state index in [0.29, 0.717) is 68.0 Å². The summed E-state index contributed by atoms with van der Waals surface area (Å²) in [5.41, 5.74) is 0.122. The number of amides is 1. The number of aliphatic carboxylic acids is 2. The fraction of sp³-hybridized carbons (Fsp3) is 0.600. The molecule has 0 aromatic carbocycles. The van der Waals surface area contributed by atoms with Crippen LogP contribution in [0.15, 0.2) is 29.9 Å². The summed E-state index contributed by atoms with van der Waals surface area (Å²) in [6.45, 7) is 7.08. The van der Waals surface area contributed by atoms with Crippen LogP contribution in [0.1, 0.15) is 93.1 Å². The van der Waals surface area contributed by atoms with Gasteiger partial charge in [0.05, 0.1) is 42.1 Å². The van der Waals surface area contributed by atoms with Gasteiger partial charge in [0.1, 0.15) is 4.88 Å². The van der Waals surface area contributed by atoms with E-state index in [-0.39, 0.29) is 42.1 Å². The monoisotopic (exact) mass is 689 g/mol. The number of thiophene rings is 1. The highest BCUT2D eigenvalue weighted by molar-refractivity contribution is 7.15. The molecule has 3 aliphatic rings. The molecule has 1 saturated heterocycles. The number of carboxylic acids is 3. The molecule has 48 heavy (non-hydrogen) atoms. The molecule has 1 aromatic rings. The van der Waals surface area contributed by atoms with E-state index in [2.05, 4.69) is 24.8 Å². The van der Waals surface area contributed by atoms with Crippen molar-refractivity contribution in [3.05, 3.63) is 39.6 Å². The van der Waals surface area contributed by atoms with Crippen molar-refractivity contribution in [1.29, 1.82) is 0 Å². The molecule has 1 amide bonds. The molecule has 5 N–H and O–H groups in total. The van der Waals surface area contributed by atoms with Gasteiger partial charge in [0.25, 0.3) is 0 Å². The first-order valence-electron chi connectivity index (χ1n) is 16.2. The number of aromatic carboxylic acids is 1. The Bertz CT molecular complexity index is 1400. The van der Waals surface area contributed by atoms with Crippen LogP contribution in [0.2, 0.25) is 0 Å². The van der Waals surface area contributed by atoms with E-state index < -0.39 is 28.9 Å². The normalized spacial score (nSPS) is 24.1. The summed E-state index contributed by atoms with van der Waals surface area (Å²) < 4.78 is 11.3. The third kappa shape index (κ3) is 12.2. The second-order valence-corrected chi connectivity index (χ2v) is 14.4. The van der Waals surface area contributed by atoms with Crippen LogP contribution in [0, 0.1) is 23.2 Å². The minimum atomic E-state index is -1.26. The molecule has 1 aliphatic heterocycles. The lowest BCUT2D eigenvalue weighted by molar-refractivity contribution is -0.134. The highest BCUT2D eigenvalue weighted by atomic mass is 32.1. The van der Waals surface area contributed by atoms with Gasteiger partial charge in [-0.1, -0.05) is 23.5 Å². The molecule has 12 nitrogen and oxygen atoms in total. The molecule has 0 radical (unpaired) electrons. The lowest BCUT2D eigenvalue weighted by Crippen LogP contribution is -2.49. The van der Waals surface area contributed by atoms with E-state index >= 15 is 0 Å². The molecule has 0 spiro atoms.